The quantitative estimate of drug-likeness (QED) is 0.600. The van der Waals surface area contributed by atoms with Gasteiger partial charge in [0.05, 0.1) is 12.3 Å². The zero-order chi connectivity index (χ0) is 14.3. The monoisotopic (exact) mass is 261 g/mol. The van der Waals surface area contributed by atoms with Crippen molar-refractivity contribution in [1.82, 2.24) is 0 Å². The highest BCUT2D eigenvalue weighted by Crippen LogP contribution is 2.17. The third-order valence-corrected chi connectivity index (χ3v) is 2.17. The predicted molar refractivity (Wildman–Crippen MR) is 70.4 cm³/mol. The number of anilines is 1. The van der Waals surface area contributed by atoms with E-state index >= 15 is 0 Å². The second-order valence-electron chi connectivity index (χ2n) is 3.61. The Labute approximate surface area is 111 Å². The molecule has 100 valence electrons. The van der Waals surface area contributed by atoms with Crippen molar-refractivity contribution in [2.24, 2.45) is 0 Å². The maximum absolute atomic E-state index is 11.2. The molecule has 0 saturated carbocycles. The lowest BCUT2D eigenvalue weighted by atomic mass is 10.3. The lowest BCUT2D eigenvalue weighted by Crippen LogP contribution is -2.29. The Morgan fingerprint density at radius 2 is 1.63 bits per heavy atom. The molecule has 1 heterocycles. The summed E-state index contributed by atoms with van der Waals surface area (Å²) in [7, 11) is 0. The summed E-state index contributed by atoms with van der Waals surface area (Å²) in [5, 5.41) is 0. The van der Waals surface area contributed by atoms with E-state index in [0.29, 0.717) is 12.3 Å². The summed E-state index contributed by atoms with van der Waals surface area (Å²) in [5.74, 6) is -0.773. The van der Waals surface area contributed by atoms with E-state index in [1.807, 2.05) is 6.07 Å². The predicted octanol–water partition coefficient (Wildman–Crippen LogP) is 1.69. The highest BCUT2D eigenvalue weighted by molar-refractivity contribution is 6.28. The Morgan fingerprint density at radius 3 is 2.00 bits per heavy atom. The molecule has 1 aliphatic rings. The van der Waals surface area contributed by atoms with Crippen molar-refractivity contribution in [2.45, 2.75) is 13.8 Å². The van der Waals surface area contributed by atoms with E-state index in [1.54, 1.807) is 31.2 Å². The Kier molecular flexibility index (Phi) is 5.47. The van der Waals surface area contributed by atoms with Crippen LogP contribution in [0.1, 0.15) is 13.8 Å². The summed E-state index contributed by atoms with van der Waals surface area (Å²) < 4.78 is 4.40. The summed E-state index contributed by atoms with van der Waals surface area (Å²) in [5.41, 5.74) is 0.613. The van der Waals surface area contributed by atoms with Crippen LogP contribution in [0.25, 0.3) is 0 Å². The van der Waals surface area contributed by atoms with Crippen LogP contribution in [0.4, 0.5) is 5.69 Å². The highest BCUT2D eigenvalue weighted by Gasteiger charge is 2.24. The number of hydrogen-bond acceptors (Lipinski definition) is 4. The van der Waals surface area contributed by atoms with Gasteiger partial charge in [0.1, 0.15) is 0 Å². The number of hydrogen-bond donors (Lipinski definition) is 0. The van der Waals surface area contributed by atoms with Gasteiger partial charge in [0.2, 0.25) is 0 Å². The van der Waals surface area contributed by atoms with Crippen molar-refractivity contribution in [3.63, 3.8) is 0 Å². The summed E-state index contributed by atoms with van der Waals surface area (Å²) in [6, 6.07) is 8.86. The van der Waals surface area contributed by atoms with Gasteiger partial charge in [-0.2, -0.15) is 0 Å². The number of rotatable bonds is 2. The third-order valence-electron chi connectivity index (χ3n) is 2.17. The Hall–Kier alpha value is -2.43. The number of amides is 2. The normalized spacial score (nSPS) is 13.1. The molecule has 0 aromatic heterocycles. The van der Waals surface area contributed by atoms with Gasteiger partial charge in [-0.05, 0) is 19.1 Å². The Balaban J connectivity index is 0.000000258. The van der Waals surface area contributed by atoms with E-state index in [2.05, 4.69) is 4.74 Å². The minimum absolute atomic E-state index is 0.211. The molecule has 1 aromatic rings. The van der Waals surface area contributed by atoms with Crippen LogP contribution in [-0.4, -0.2) is 24.4 Å². The first-order valence-electron chi connectivity index (χ1n) is 5.80. The number of carbonyl (C=O) groups excluding carboxylic acids is 3. The fourth-order valence-electron chi connectivity index (χ4n) is 1.44. The van der Waals surface area contributed by atoms with Crippen LogP contribution in [0.5, 0.6) is 0 Å². The second kappa shape index (κ2) is 7.10. The zero-order valence-electron chi connectivity index (χ0n) is 10.8. The van der Waals surface area contributed by atoms with E-state index in [0.717, 1.165) is 4.90 Å². The minimum Gasteiger partial charge on any atom is -0.466 e. The van der Waals surface area contributed by atoms with Crippen LogP contribution in [0.2, 0.25) is 0 Å². The number of para-hydroxylation sites is 1. The first kappa shape index (κ1) is 14.6. The van der Waals surface area contributed by atoms with Crippen LogP contribution >= 0.6 is 0 Å². The summed E-state index contributed by atoms with van der Waals surface area (Å²) in [4.78, 5) is 33.4. The van der Waals surface area contributed by atoms with Crippen LogP contribution in [0, 0.1) is 0 Å². The summed E-state index contributed by atoms with van der Waals surface area (Å²) in [6.45, 7) is 3.65. The van der Waals surface area contributed by atoms with Crippen molar-refractivity contribution >= 4 is 23.5 Å². The molecule has 0 spiro atoms. The number of ether oxygens (including phenoxy) is 1. The molecule has 1 aliphatic heterocycles. The second-order valence-corrected chi connectivity index (χ2v) is 3.61. The molecular weight excluding hydrogens is 246 g/mol. The molecular formula is C14H15NO4. The molecule has 0 radical (unpaired) electrons. The maximum Gasteiger partial charge on any atom is 0.302 e. The molecule has 1 aromatic carbocycles. The van der Waals surface area contributed by atoms with Crippen molar-refractivity contribution < 1.29 is 19.1 Å². The van der Waals surface area contributed by atoms with E-state index in [4.69, 9.17) is 0 Å². The van der Waals surface area contributed by atoms with E-state index in [1.165, 1.54) is 19.1 Å². The molecule has 0 saturated heterocycles. The average molecular weight is 261 g/mol. The van der Waals surface area contributed by atoms with E-state index < -0.39 is 0 Å². The third kappa shape index (κ3) is 4.39. The first-order chi connectivity index (χ1) is 9.06. The molecule has 5 nitrogen and oxygen atoms in total. The zero-order valence-corrected chi connectivity index (χ0v) is 10.8. The molecule has 19 heavy (non-hydrogen) atoms. The van der Waals surface area contributed by atoms with Gasteiger partial charge in [0.25, 0.3) is 11.8 Å². The largest absolute Gasteiger partial charge is 0.466 e. The van der Waals surface area contributed by atoms with Gasteiger partial charge >= 0.3 is 5.97 Å². The molecule has 0 aliphatic carbocycles. The molecule has 0 fully saturated rings. The molecule has 0 N–H and O–H groups in total. The fraction of sp³-hybridized carbons (Fsp3) is 0.214. The molecule has 0 atom stereocenters. The number of carbonyl (C=O) groups is 3. The van der Waals surface area contributed by atoms with E-state index in [9.17, 15) is 14.4 Å². The van der Waals surface area contributed by atoms with E-state index in [-0.39, 0.29) is 17.8 Å². The van der Waals surface area contributed by atoms with Crippen molar-refractivity contribution in [1.29, 1.82) is 0 Å². The fourth-order valence-corrected chi connectivity index (χ4v) is 1.44. The van der Waals surface area contributed by atoms with Crippen LogP contribution in [0.3, 0.4) is 0 Å². The highest BCUT2D eigenvalue weighted by atomic mass is 16.5. The van der Waals surface area contributed by atoms with Crippen LogP contribution in [0.15, 0.2) is 42.5 Å². The summed E-state index contributed by atoms with van der Waals surface area (Å²) in [6.07, 6.45) is 2.55. The van der Waals surface area contributed by atoms with Gasteiger partial charge in [-0.15, -0.1) is 0 Å². The molecule has 2 rings (SSSR count). The van der Waals surface area contributed by atoms with Gasteiger partial charge in [-0.1, -0.05) is 18.2 Å². The maximum atomic E-state index is 11.2. The lowest BCUT2D eigenvalue weighted by Gasteiger charge is -2.12. The smallest absolute Gasteiger partial charge is 0.302 e. The Bertz CT molecular complexity index is 475. The summed E-state index contributed by atoms with van der Waals surface area (Å²) >= 11 is 0. The SMILES string of the molecule is CCOC(C)=O.O=C1C=CC(=O)N1c1ccccc1. The average Bonchev–Trinajstić information content (AvgIpc) is 2.71. The number of esters is 1. The molecule has 0 unspecified atom stereocenters. The van der Waals surface area contributed by atoms with Crippen LogP contribution < -0.4 is 4.90 Å². The van der Waals surface area contributed by atoms with Crippen molar-refractivity contribution in [3.8, 4) is 0 Å². The standard InChI is InChI=1S/C10H7NO2.C4H8O2/c12-9-6-7-10(13)11(9)8-4-2-1-3-5-8;1-3-6-4(2)5/h1-7H;3H2,1-2H3. The first-order valence-corrected chi connectivity index (χ1v) is 5.80. The molecule has 2 amide bonds. The topological polar surface area (TPSA) is 63.7 Å². The van der Waals surface area contributed by atoms with Crippen molar-refractivity contribution in [3.05, 3.63) is 42.5 Å². The van der Waals surface area contributed by atoms with Gasteiger partial charge in [-0.25, -0.2) is 4.90 Å². The van der Waals surface area contributed by atoms with Crippen molar-refractivity contribution in [2.75, 3.05) is 11.5 Å². The number of imide groups is 1. The van der Waals surface area contributed by atoms with Gasteiger partial charge in [0, 0.05) is 19.1 Å². The molecule has 5 heteroatoms. The van der Waals surface area contributed by atoms with Gasteiger partial charge < -0.3 is 4.74 Å². The molecule has 0 bridgehead atoms. The van der Waals surface area contributed by atoms with Gasteiger partial charge in [-0.3, -0.25) is 14.4 Å². The van der Waals surface area contributed by atoms with Gasteiger partial charge in [0.15, 0.2) is 0 Å². The number of benzene rings is 1. The number of nitrogens with zero attached hydrogens (tertiary/aromatic N) is 1. The van der Waals surface area contributed by atoms with Crippen LogP contribution in [-0.2, 0) is 19.1 Å². The Morgan fingerprint density at radius 1 is 1.11 bits per heavy atom. The minimum atomic E-state index is -0.281. The lowest BCUT2D eigenvalue weighted by molar-refractivity contribution is -0.140.